The minimum atomic E-state index is -1.00. The van der Waals surface area contributed by atoms with Gasteiger partial charge in [0.15, 0.2) is 0 Å². The van der Waals surface area contributed by atoms with Gasteiger partial charge in [-0.2, -0.15) is 0 Å². The molecule has 2 rings (SSSR count). The first kappa shape index (κ1) is 6.39. The van der Waals surface area contributed by atoms with E-state index in [1.807, 2.05) is 0 Å². The molecule has 0 aromatic carbocycles. The highest BCUT2D eigenvalue weighted by Crippen LogP contribution is 2.29. The summed E-state index contributed by atoms with van der Waals surface area (Å²) in [6.07, 6.45) is 2.67. The van der Waals surface area contributed by atoms with Gasteiger partial charge in [-0.1, -0.05) is 0 Å². The highest BCUT2D eigenvalue weighted by atomic mass is 16.6. The van der Waals surface area contributed by atoms with E-state index in [4.69, 9.17) is 4.74 Å². The summed E-state index contributed by atoms with van der Waals surface area (Å²) in [6.45, 7) is 0.0532. The Labute approximate surface area is 62.8 Å². The van der Waals surface area contributed by atoms with Crippen molar-refractivity contribution < 1.29 is 19.1 Å². The summed E-state index contributed by atoms with van der Waals surface area (Å²) in [4.78, 5) is 21.8. The zero-order chi connectivity index (χ0) is 7.90. The second-order valence-corrected chi connectivity index (χ2v) is 2.62. The summed E-state index contributed by atoms with van der Waals surface area (Å²) < 4.78 is 9.64. The molecule has 1 spiro atoms. The second-order valence-electron chi connectivity index (χ2n) is 2.62. The molecule has 58 valence electrons. The van der Waals surface area contributed by atoms with Gasteiger partial charge in [-0.05, 0) is 0 Å². The molecule has 0 radical (unpaired) electrons. The molecule has 2 heterocycles. The van der Waals surface area contributed by atoms with Gasteiger partial charge in [0.1, 0.15) is 6.61 Å². The van der Waals surface area contributed by atoms with Gasteiger partial charge < -0.3 is 9.47 Å². The van der Waals surface area contributed by atoms with Crippen molar-refractivity contribution in [2.45, 2.75) is 12.0 Å². The molecular weight excluding hydrogens is 148 g/mol. The lowest BCUT2D eigenvalue weighted by atomic mass is 9.99. The Kier molecular flexibility index (Phi) is 1.07. The number of hydrogen-bond donors (Lipinski definition) is 0. The Bertz CT molecular complexity index is 255. The van der Waals surface area contributed by atoms with Crippen molar-refractivity contribution in [1.82, 2.24) is 0 Å². The van der Waals surface area contributed by atoms with Crippen molar-refractivity contribution in [3.05, 3.63) is 12.3 Å². The molecule has 2 aliphatic heterocycles. The average Bonchev–Trinajstić information content (AvgIpc) is 2.46. The fraction of sp³-hybridized carbons (Fsp3) is 0.429. The Hall–Kier alpha value is -1.32. The van der Waals surface area contributed by atoms with Crippen molar-refractivity contribution in [3.8, 4) is 0 Å². The Balaban J connectivity index is 2.25. The van der Waals surface area contributed by atoms with Crippen LogP contribution in [0, 0.1) is 0 Å². The van der Waals surface area contributed by atoms with Crippen LogP contribution in [0.3, 0.4) is 0 Å². The highest BCUT2D eigenvalue weighted by Gasteiger charge is 2.49. The number of ether oxygens (including phenoxy) is 2. The summed E-state index contributed by atoms with van der Waals surface area (Å²) in [5.41, 5.74) is -1.00. The molecule has 0 aromatic heterocycles. The average molecular weight is 154 g/mol. The predicted molar refractivity (Wildman–Crippen MR) is 33.5 cm³/mol. The topological polar surface area (TPSA) is 52.6 Å². The Morgan fingerprint density at radius 1 is 1.45 bits per heavy atom. The van der Waals surface area contributed by atoms with Crippen molar-refractivity contribution >= 4 is 11.8 Å². The van der Waals surface area contributed by atoms with Gasteiger partial charge in [-0.25, -0.2) is 0 Å². The molecule has 1 saturated heterocycles. The van der Waals surface area contributed by atoms with Crippen LogP contribution in [0.4, 0.5) is 0 Å². The van der Waals surface area contributed by atoms with Crippen molar-refractivity contribution in [2.75, 3.05) is 6.61 Å². The van der Waals surface area contributed by atoms with E-state index < -0.39 is 5.60 Å². The molecule has 0 saturated carbocycles. The normalized spacial score (nSPS) is 34.5. The van der Waals surface area contributed by atoms with Crippen molar-refractivity contribution in [2.24, 2.45) is 0 Å². The molecule has 0 aliphatic carbocycles. The van der Waals surface area contributed by atoms with Gasteiger partial charge in [-0.15, -0.1) is 0 Å². The summed E-state index contributed by atoms with van der Waals surface area (Å²) in [6, 6.07) is 0. The van der Waals surface area contributed by atoms with Crippen LogP contribution < -0.4 is 0 Å². The third kappa shape index (κ3) is 0.753. The van der Waals surface area contributed by atoms with Crippen LogP contribution in [0.1, 0.15) is 6.42 Å². The van der Waals surface area contributed by atoms with E-state index in [1.54, 1.807) is 0 Å². The fourth-order valence-corrected chi connectivity index (χ4v) is 1.20. The van der Waals surface area contributed by atoms with E-state index >= 15 is 0 Å². The summed E-state index contributed by atoms with van der Waals surface area (Å²) in [5.74, 6) is -0.551. The molecule has 1 fully saturated rings. The van der Waals surface area contributed by atoms with Crippen molar-refractivity contribution in [1.29, 1.82) is 0 Å². The molecule has 0 N–H and O–H groups in total. The third-order valence-electron chi connectivity index (χ3n) is 1.86. The lowest BCUT2D eigenvalue weighted by Gasteiger charge is -2.15. The highest BCUT2D eigenvalue weighted by molar-refractivity contribution is 6.02. The molecule has 0 bridgehead atoms. The maximum atomic E-state index is 11.1. The lowest BCUT2D eigenvalue weighted by Crippen LogP contribution is -2.36. The number of cyclic esters (lactones) is 1. The molecule has 0 unspecified atom stereocenters. The van der Waals surface area contributed by atoms with Crippen LogP contribution in [0.15, 0.2) is 12.3 Å². The van der Waals surface area contributed by atoms with E-state index in [2.05, 4.69) is 4.74 Å². The standard InChI is InChI=1S/C7H6O4/c8-5-1-2-11-7(5)3-6(9)10-4-7/h1-2H,3-4H2/t7-/m0/s1. The van der Waals surface area contributed by atoms with E-state index in [1.165, 1.54) is 12.3 Å². The zero-order valence-electron chi connectivity index (χ0n) is 5.70. The smallest absolute Gasteiger partial charge is 0.310 e. The first-order chi connectivity index (χ1) is 5.23. The van der Waals surface area contributed by atoms with Gasteiger partial charge in [0.05, 0.1) is 12.7 Å². The third-order valence-corrected chi connectivity index (χ3v) is 1.86. The number of esters is 1. The predicted octanol–water partition coefficient (Wildman–Crippen LogP) is -0.215. The van der Waals surface area contributed by atoms with E-state index in [0.29, 0.717) is 0 Å². The second kappa shape index (κ2) is 1.84. The van der Waals surface area contributed by atoms with Gasteiger partial charge in [0.25, 0.3) is 0 Å². The first-order valence-corrected chi connectivity index (χ1v) is 3.27. The molecule has 4 nitrogen and oxygen atoms in total. The number of hydrogen-bond acceptors (Lipinski definition) is 4. The maximum absolute atomic E-state index is 11.1. The first-order valence-electron chi connectivity index (χ1n) is 3.27. The molecule has 1 atom stereocenters. The van der Waals surface area contributed by atoms with Crippen LogP contribution in [0.5, 0.6) is 0 Å². The van der Waals surface area contributed by atoms with Gasteiger partial charge >= 0.3 is 5.97 Å². The van der Waals surface area contributed by atoms with Crippen LogP contribution in [0.2, 0.25) is 0 Å². The molecule has 0 aromatic rings. The largest absolute Gasteiger partial charge is 0.482 e. The Morgan fingerprint density at radius 2 is 2.27 bits per heavy atom. The monoisotopic (exact) mass is 154 g/mol. The molecule has 4 heteroatoms. The van der Waals surface area contributed by atoms with Crippen LogP contribution in [-0.2, 0) is 19.1 Å². The molecule has 2 aliphatic rings. The maximum Gasteiger partial charge on any atom is 0.310 e. The van der Waals surface area contributed by atoms with Gasteiger partial charge in [0, 0.05) is 6.08 Å². The van der Waals surface area contributed by atoms with E-state index in [0.717, 1.165) is 0 Å². The lowest BCUT2D eigenvalue weighted by molar-refractivity contribution is -0.137. The van der Waals surface area contributed by atoms with Gasteiger partial charge in [0.2, 0.25) is 11.4 Å². The molecular formula is C7H6O4. The van der Waals surface area contributed by atoms with E-state index in [9.17, 15) is 9.59 Å². The number of ketones is 1. The number of carbonyl (C=O) groups excluding carboxylic acids is 2. The quantitative estimate of drug-likeness (QED) is 0.453. The summed E-state index contributed by atoms with van der Waals surface area (Å²) in [5, 5.41) is 0. The Morgan fingerprint density at radius 3 is 2.73 bits per heavy atom. The van der Waals surface area contributed by atoms with Gasteiger partial charge in [-0.3, -0.25) is 9.59 Å². The van der Waals surface area contributed by atoms with Crippen molar-refractivity contribution in [3.63, 3.8) is 0 Å². The fourth-order valence-electron chi connectivity index (χ4n) is 1.20. The summed E-state index contributed by atoms with van der Waals surface area (Å²) in [7, 11) is 0. The number of carbonyl (C=O) groups is 2. The minimum absolute atomic E-state index is 0.0405. The van der Waals surface area contributed by atoms with Crippen LogP contribution >= 0.6 is 0 Å². The zero-order valence-corrected chi connectivity index (χ0v) is 5.70. The molecule has 0 amide bonds. The summed E-state index contributed by atoms with van der Waals surface area (Å²) >= 11 is 0. The SMILES string of the molecule is O=C1C[C@@]2(CO1)OC=CC2=O. The van der Waals surface area contributed by atoms with Crippen LogP contribution in [0.25, 0.3) is 0 Å². The minimum Gasteiger partial charge on any atom is -0.482 e. The van der Waals surface area contributed by atoms with E-state index in [-0.39, 0.29) is 24.8 Å². The number of rotatable bonds is 0. The van der Waals surface area contributed by atoms with Crippen LogP contribution in [-0.4, -0.2) is 24.0 Å². The molecule has 11 heavy (non-hydrogen) atoms.